The van der Waals surface area contributed by atoms with E-state index in [1.165, 1.54) is 0 Å². The van der Waals surface area contributed by atoms with Crippen molar-refractivity contribution in [1.29, 1.82) is 0 Å². The number of benzene rings is 1. The number of sulfonamides is 1. The zero-order chi connectivity index (χ0) is 16.0. The van der Waals surface area contributed by atoms with Gasteiger partial charge in [-0.25, -0.2) is 17.5 Å². The maximum absolute atomic E-state index is 13.1. The first-order valence-electron chi connectivity index (χ1n) is 5.96. The molecule has 1 aromatic carbocycles. The van der Waals surface area contributed by atoms with Crippen LogP contribution in [0.2, 0.25) is 0 Å². The van der Waals surface area contributed by atoms with Crippen LogP contribution in [0.1, 0.15) is 18.9 Å². The van der Waals surface area contributed by atoms with Crippen molar-refractivity contribution in [2.24, 2.45) is 11.8 Å². The molecule has 9 heteroatoms. The molecule has 1 aliphatic carbocycles. The van der Waals surface area contributed by atoms with Gasteiger partial charge in [-0.1, -0.05) is 6.92 Å². The quantitative estimate of drug-likeness (QED) is 0.868. The van der Waals surface area contributed by atoms with Crippen LogP contribution in [0.5, 0.6) is 0 Å². The van der Waals surface area contributed by atoms with Crippen molar-refractivity contribution < 1.29 is 30.8 Å². The Morgan fingerprint density at radius 2 is 1.90 bits per heavy atom. The molecule has 0 spiro atoms. The Morgan fingerprint density at radius 3 is 2.38 bits per heavy atom. The van der Waals surface area contributed by atoms with Crippen LogP contribution in [0.4, 0.5) is 17.6 Å². The van der Waals surface area contributed by atoms with Crippen LogP contribution in [-0.2, 0) is 21.0 Å². The maximum atomic E-state index is 13.1. The molecule has 1 aliphatic rings. The largest absolute Gasteiger partial charge is 0.419 e. The Hall–Kier alpha value is -1.64. The van der Waals surface area contributed by atoms with E-state index in [-0.39, 0.29) is 12.0 Å². The van der Waals surface area contributed by atoms with Gasteiger partial charge in [0.1, 0.15) is 5.82 Å². The number of carbonyl (C=O) groups is 1. The van der Waals surface area contributed by atoms with Gasteiger partial charge in [0.05, 0.1) is 10.5 Å². The molecule has 1 aromatic rings. The van der Waals surface area contributed by atoms with E-state index in [9.17, 15) is 30.8 Å². The van der Waals surface area contributed by atoms with Crippen molar-refractivity contribution in [3.63, 3.8) is 0 Å². The molecule has 4 nitrogen and oxygen atoms in total. The normalized spacial score (nSPS) is 22.0. The smallest absolute Gasteiger partial charge is 0.274 e. The summed E-state index contributed by atoms with van der Waals surface area (Å²) in [6.45, 7) is 1.75. The van der Waals surface area contributed by atoms with Crippen LogP contribution in [0.25, 0.3) is 0 Å². The van der Waals surface area contributed by atoms with Gasteiger partial charge in [0, 0.05) is 5.92 Å². The van der Waals surface area contributed by atoms with Gasteiger partial charge in [-0.15, -0.1) is 0 Å². The standard InChI is InChI=1S/C12H11F4NO3S/c1-6-4-8(6)11(18)17-21(19,20)7-2-3-10(13)9(5-7)12(14,15)16/h2-3,5-6,8H,4H2,1H3,(H,17,18)/t6-,8+/m0/s1. The molecule has 0 radical (unpaired) electrons. The van der Waals surface area contributed by atoms with Crippen molar-refractivity contribution in [2.75, 3.05) is 0 Å². The van der Waals surface area contributed by atoms with E-state index >= 15 is 0 Å². The van der Waals surface area contributed by atoms with Gasteiger partial charge in [0.25, 0.3) is 10.0 Å². The summed E-state index contributed by atoms with van der Waals surface area (Å²) < 4.78 is 76.2. The highest BCUT2D eigenvalue weighted by Crippen LogP contribution is 2.38. The highest BCUT2D eigenvalue weighted by molar-refractivity contribution is 7.90. The van der Waals surface area contributed by atoms with Crippen molar-refractivity contribution >= 4 is 15.9 Å². The van der Waals surface area contributed by atoms with E-state index < -0.39 is 44.3 Å². The van der Waals surface area contributed by atoms with Crippen molar-refractivity contribution in [3.05, 3.63) is 29.6 Å². The monoisotopic (exact) mass is 325 g/mol. The Balaban J connectivity index is 2.30. The molecule has 1 fully saturated rings. The minimum Gasteiger partial charge on any atom is -0.274 e. The Bertz CT molecular complexity index is 684. The number of alkyl halides is 3. The molecule has 1 N–H and O–H groups in total. The molecule has 2 rings (SSSR count). The second kappa shape index (κ2) is 4.97. The van der Waals surface area contributed by atoms with E-state index in [1.807, 2.05) is 0 Å². The average Bonchev–Trinajstić information content (AvgIpc) is 3.04. The molecular weight excluding hydrogens is 314 g/mol. The van der Waals surface area contributed by atoms with E-state index in [0.717, 1.165) is 0 Å². The number of rotatable bonds is 3. The summed E-state index contributed by atoms with van der Waals surface area (Å²) in [5.41, 5.74) is -1.70. The number of amides is 1. The molecule has 0 aromatic heterocycles. The van der Waals surface area contributed by atoms with Gasteiger partial charge < -0.3 is 0 Å². The zero-order valence-corrected chi connectivity index (χ0v) is 11.6. The summed E-state index contributed by atoms with van der Waals surface area (Å²) in [4.78, 5) is 10.8. The fourth-order valence-corrected chi connectivity index (χ4v) is 2.90. The van der Waals surface area contributed by atoms with Crippen molar-refractivity contribution in [1.82, 2.24) is 4.72 Å². The fraction of sp³-hybridized carbons (Fsp3) is 0.417. The maximum Gasteiger partial charge on any atom is 0.419 e. The van der Waals surface area contributed by atoms with Gasteiger partial charge in [0.2, 0.25) is 5.91 Å². The first-order chi connectivity index (χ1) is 9.52. The van der Waals surface area contributed by atoms with Crippen LogP contribution < -0.4 is 4.72 Å². The minimum atomic E-state index is -5.02. The highest BCUT2D eigenvalue weighted by Gasteiger charge is 2.41. The molecule has 0 bridgehead atoms. The van der Waals surface area contributed by atoms with Crippen LogP contribution in [0.3, 0.4) is 0 Å². The lowest BCUT2D eigenvalue weighted by Gasteiger charge is -2.11. The van der Waals surface area contributed by atoms with Crippen molar-refractivity contribution in [2.45, 2.75) is 24.4 Å². The molecule has 116 valence electrons. The lowest BCUT2D eigenvalue weighted by molar-refractivity contribution is -0.140. The Kier molecular flexibility index (Phi) is 3.73. The SMILES string of the molecule is C[C@H]1C[C@H]1C(=O)NS(=O)(=O)c1ccc(F)c(C(F)(F)F)c1. The number of hydrogen-bond acceptors (Lipinski definition) is 3. The van der Waals surface area contributed by atoms with Gasteiger partial charge in [-0.05, 0) is 30.5 Å². The number of nitrogens with one attached hydrogen (secondary N) is 1. The second-order valence-corrected chi connectivity index (χ2v) is 6.61. The molecule has 0 heterocycles. The van der Waals surface area contributed by atoms with Crippen LogP contribution in [0.15, 0.2) is 23.1 Å². The van der Waals surface area contributed by atoms with Crippen molar-refractivity contribution in [3.8, 4) is 0 Å². The van der Waals surface area contributed by atoms with E-state index in [4.69, 9.17) is 0 Å². The fourth-order valence-electron chi connectivity index (χ4n) is 1.84. The van der Waals surface area contributed by atoms with Gasteiger partial charge in [0.15, 0.2) is 0 Å². The summed E-state index contributed by atoms with van der Waals surface area (Å²) in [6.07, 6.45) is -4.50. The number of carbonyl (C=O) groups excluding carboxylic acids is 1. The summed E-state index contributed by atoms with van der Waals surface area (Å²) in [5.74, 6) is -2.76. The van der Waals surface area contributed by atoms with Gasteiger partial charge in [-0.2, -0.15) is 13.2 Å². The molecule has 2 atom stereocenters. The average molecular weight is 325 g/mol. The van der Waals surface area contributed by atoms with E-state index in [2.05, 4.69) is 0 Å². The van der Waals surface area contributed by atoms with Crippen LogP contribution in [-0.4, -0.2) is 14.3 Å². The lowest BCUT2D eigenvalue weighted by Crippen LogP contribution is -2.32. The molecule has 0 unspecified atom stereocenters. The zero-order valence-electron chi connectivity index (χ0n) is 10.7. The van der Waals surface area contributed by atoms with Gasteiger partial charge >= 0.3 is 6.18 Å². The molecule has 1 saturated carbocycles. The first-order valence-corrected chi connectivity index (χ1v) is 7.44. The summed E-state index contributed by atoms with van der Waals surface area (Å²) in [6, 6.07) is 1.25. The Morgan fingerprint density at radius 1 is 1.33 bits per heavy atom. The number of halogens is 4. The third kappa shape index (κ3) is 3.34. The summed E-state index contributed by atoms with van der Waals surface area (Å²) >= 11 is 0. The minimum absolute atomic E-state index is 0.0409. The third-order valence-corrected chi connectivity index (χ3v) is 4.58. The summed E-state index contributed by atoms with van der Waals surface area (Å²) in [7, 11) is -4.45. The second-order valence-electron chi connectivity index (χ2n) is 4.93. The molecule has 0 aliphatic heterocycles. The van der Waals surface area contributed by atoms with E-state index in [1.54, 1.807) is 11.6 Å². The molecule has 1 amide bonds. The molecular formula is C12H11F4NO3S. The molecule has 0 saturated heterocycles. The topological polar surface area (TPSA) is 63.2 Å². The summed E-state index contributed by atoms with van der Waals surface area (Å²) in [5, 5.41) is 0. The lowest BCUT2D eigenvalue weighted by atomic mass is 10.2. The predicted octanol–water partition coefficient (Wildman–Crippen LogP) is 2.31. The molecule has 21 heavy (non-hydrogen) atoms. The van der Waals surface area contributed by atoms with Crippen LogP contribution in [0, 0.1) is 17.7 Å². The van der Waals surface area contributed by atoms with Crippen LogP contribution >= 0.6 is 0 Å². The van der Waals surface area contributed by atoms with Gasteiger partial charge in [-0.3, -0.25) is 4.79 Å². The Labute approximate surface area is 118 Å². The third-order valence-electron chi connectivity index (χ3n) is 3.23. The first kappa shape index (κ1) is 15.7. The number of hydrogen-bond donors (Lipinski definition) is 1. The highest BCUT2D eigenvalue weighted by atomic mass is 32.2. The van der Waals surface area contributed by atoms with E-state index in [0.29, 0.717) is 18.6 Å². The predicted molar refractivity (Wildman–Crippen MR) is 64.0 cm³/mol.